The second kappa shape index (κ2) is 7.02. The van der Waals surface area contributed by atoms with Crippen LogP contribution in [0.25, 0.3) is 10.9 Å². The lowest BCUT2D eigenvalue weighted by Crippen LogP contribution is -2.45. The first kappa shape index (κ1) is 18.3. The molecule has 3 rings (SSSR count). The predicted molar refractivity (Wildman–Crippen MR) is 102 cm³/mol. The van der Waals surface area contributed by atoms with Crippen molar-refractivity contribution < 1.29 is 14.3 Å². The summed E-state index contributed by atoms with van der Waals surface area (Å²) in [7, 11) is 0. The lowest BCUT2D eigenvalue weighted by atomic mass is 9.90. The van der Waals surface area contributed by atoms with Crippen LogP contribution in [-0.4, -0.2) is 40.6 Å². The molecule has 140 valence electrons. The lowest BCUT2D eigenvalue weighted by Gasteiger charge is -2.35. The topological polar surface area (TPSA) is 74.4 Å². The third-order valence-corrected chi connectivity index (χ3v) is 4.80. The molecule has 0 bridgehead atoms. The Morgan fingerprint density at radius 2 is 2.19 bits per heavy atom. The Bertz CT molecular complexity index is 820. The normalized spacial score (nSPS) is 16.8. The van der Waals surface area contributed by atoms with Crippen LogP contribution >= 0.6 is 0 Å². The van der Waals surface area contributed by atoms with E-state index in [2.05, 4.69) is 10.3 Å². The Hall–Kier alpha value is -2.50. The van der Waals surface area contributed by atoms with Gasteiger partial charge in [0.1, 0.15) is 5.60 Å². The van der Waals surface area contributed by atoms with E-state index < -0.39 is 5.60 Å². The van der Waals surface area contributed by atoms with Crippen LogP contribution in [0.1, 0.15) is 45.4 Å². The first-order chi connectivity index (χ1) is 12.3. The van der Waals surface area contributed by atoms with E-state index in [1.165, 1.54) is 11.3 Å². The summed E-state index contributed by atoms with van der Waals surface area (Å²) < 4.78 is 5.58. The van der Waals surface area contributed by atoms with E-state index in [1.807, 2.05) is 50.8 Å². The van der Waals surface area contributed by atoms with Gasteiger partial charge < -0.3 is 19.9 Å². The molecule has 1 aliphatic carbocycles. The highest BCUT2D eigenvalue weighted by molar-refractivity contribution is 5.90. The van der Waals surface area contributed by atoms with Gasteiger partial charge in [0.25, 0.3) is 0 Å². The van der Waals surface area contributed by atoms with Gasteiger partial charge in [-0.05, 0) is 70.7 Å². The highest BCUT2D eigenvalue weighted by Crippen LogP contribution is 2.33. The number of ether oxygens (including phenoxy) is 1. The molecule has 2 amide bonds. The number of aromatic nitrogens is 1. The van der Waals surface area contributed by atoms with Crippen molar-refractivity contribution in [2.45, 2.75) is 58.6 Å². The van der Waals surface area contributed by atoms with Crippen LogP contribution in [0.3, 0.4) is 0 Å². The average Bonchev–Trinajstić information content (AvgIpc) is 2.92. The molecule has 1 aliphatic rings. The van der Waals surface area contributed by atoms with Crippen molar-refractivity contribution in [3.8, 4) is 0 Å². The summed E-state index contributed by atoms with van der Waals surface area (Å²) in [6, 6.07) is 5.98. The summed E-state index contributed by atoms with van der Waals surface area (Å²) in [4.78, 5) is 28.6. The van der Waals surface area contributed by atoms with Crippen LogP contribution in [0.5, 0.6) is 0 Å². The van der Waals surface area contributed by atoms with Crippen molar-refractivity contribution in [3.63, 3.8) is 0 Å². The smallest absolute Gasteiger partial charge is 0.410 e. The maximum atomic E-state index is 12.6. The van der Waals surface area contributed by atoms with Crippen LogP contribution in [0.4, 0.5) is 10.5 Å². The molecule has 0 radical (unpaired) electrons. The zero-order valence-corrected chi connectivity index (χ0v) is 15.9. The van der Waals surface area contributed by atoms with Crippen molar-refractivity contribution in [1.29, 1.82) is 0 Å². The van der Waals surface area contributed by atoms with Crippen LogP contribution in [0, 0.1) is 0 Å². The number of anilines is 1. The molecule has 6 nitrogen and oxygen atoms in total. The summed E-state index contributed by atoms with van der Waals surface area (Å²) in [6.45, 7) is 8.27. The SMILES string of the molecule is CCN(C(=O)OC(C)(C)C)C1CCc2[nH]c3ccc(NC=O)cc3c2C1. The fourth-order valence-electron chi connectivity index (χ4n) is 3.68. The van der Waals surface area contributed by atoms with E-state index in [9.17, 15) is 9.59 Å². The molecule has 2 aromatic rings. The largest absolute Gasteiger partial charge is 0.444 e. The molecule has 0 aliphatic heterocycles. The molecule has 0 saturated carbocycles. The third kappa shape index (κ3) is 3.69. The van der Waals surface area contributed by atoms with Crippen molar-refractivity contribution in [2.75, 3.05) is 11.9 Å². The highest BCUT2D eigenvalue weighted by atomic mass is 16.6. The zero-order valence-electron chi connectivity index (χ0n) is 15.9. The molecule has 1 aromatic heterocycles. The van der Waals surface area contributed by atoms with E-state index in [4.69, 9.17) is 4.74 Å². The molecule has 26 heavy (non-hydrogen) atoms. The molecule has 1 heterocycles. The zero-order chi connectivity index (χ0) is 18.9. The van der Waals surface area contributed by atoms with Crippen LogP contribution in [-0.2, 0) is 22.4 Å². The number of hydrogen-bond acceptors (Lipinski definition) is 3. The fourth-order valence-corrected chi connectivity index (χ4v) is 3.68. The highest BCUT2D eigenvalue weighted by Gasteiger charge is 2.31. The van der Waals surface area contributed by atoms with Gasteiger partial charge in [-0.15, -0.1) is 0 Å². The second-order valence-electron chi connectivity index (χ2n) is 7.77. The monoisotopic (exact) mass is 357 g/mol. The molecule has 0 fully saturated rings. The quantitative estimate of drug-likeness (QED) is 0.816. The number of amides is 2. The van der Waals surface area contributed by atoms with E-state index >= 15 is 0 Å². The second-order valence-corrected chi connectivity index (χ2v) is 7.77. The maximum Gasteiger partial charge on any atom is 0.410 e. The Balaban J connectivity index is 1.87. The summed E-state index contributed by atoms with van der Waals surface area (Å²) >= 11 is 0. The summed E-state index contributed by atoms with van der Waals surface area (Å²) in [5.41, 5.74) is 3.79. The number of likely N-dealkylation sites (N-methyl/N-ethyl adjacent to an activating group) is 1. The van der Waals surface area contributed by atoms with Crippen molar-refractivity contribution >= 4 is 29.1 Å². The van der Waals surface area contributed by atoms with Crippen LogP contribution in [0.15, 0.2) is 18.2 Å². The minimum Gasteiger partial charge on any atom is -0.444 e. The van der Waals surface area contributed by atoms with Crippen molar-refractivity contribution in [3.05, 3.63) is 29.5 Å². The number of benzene rings is 1. The third-order valence-electron chi connectivity index (χ3n) is 4.80. The van der Waals surface area contributed by atoms with Crippen LogP contribution < -0.4 is 5.32 Å². The van der Waals surface area contributed by atoms with Crippen molar-refractivity contribution in [2.24, 2.45) is 0 Å². The molecular formula is C20H27N3O3. The molecular weight excluding hydrogens is 330 g/mol. The van der Waals surface area contributed by atoms with Gasteiger partial charge in [-0.2, -0.15) is 0 Å². The maximum absolute atomic E-state index is 12.6. The summed E-state index contributed by atoms with van der Waals surface area (Å²) in [6.07, 6.45) is 3.02. The van der Waals surface area contributed by atoms with Gasteiger partial charge in [0.15, 0.2) is 0 Å². The summed E-state index contributed by atoms with van der Waals surface area (Å²) in [5, 5.41) is 3.81. The Morgan fingerprint density at radius 3 is 2.85 bits per heavy atom. The first-order valence-corrected chi connectivity index (χ1v) is 9.15. The molecule has 1 atom stereocenters. The number of fused-ring (bicyclic) bond motifs is 3. The van der Waals surface area contributed by atoms with Crippen molar-refractivity contribution in [1.82, 2.24) is 9.88 Å². The minimum atomic E-state index is -0.499. The fraction of sp³-hybridized carbons (Fsp3) is 0.500. The number of carbonyl (C=O) groups is 2. The lowest BCUT2D eigenvalue weighted by molar-refractivity contribution is -0.105. The van der Waals surface area contributed by atoms with Gasteiger partial charge in [0.05, 0.1) is 0 Å². The van der Waals surface area contributed by atoms with E-state index in [1.54, 1.807) is 0 Å². The van der Waals surface area contributed by atoms with Gasteiger partial charge in [-0.3, -0.25) is 4.79 Å². The summed E-state index contributed by atoms with van der Waals surface area (Å²) in [5.74, 6) is 0. The molecule has 6 heteroatoms. The number of carbonyl (C=O) groups excluding carboxylic acids is 2. The predicted octanol–water partition coefficient (Wildman–Crippen LogP) is 3.85. The number of aryl methyl sites for hydroxylation is 1. The minimum absolute atomic E-state index is 0.115. The number of nitrogens with one attached hydrogen (secondary N) is 2. The number of rotatable bonds is 4. The molecule has 2 N–H and O–H groups in total. The number of aromatic amines is 1. The van der Waals surface area contributed by atoms with Gasteiger partial charge in [-0.25, -0.2) is 4.79 Å². The molecule has 1 unspecified atom stereocenters. The Labute approximate surface area is 153 Å². The van der Waals surface area contributed by atoms with Crippen LogP contribution in [0.2, 0.25) is 0 Å². The Morgan fingerprint density at radius 1 is 1.42 bits per heavy atom. The average molecular weight is 357 g/mol. The van der Waals surface area contributed by atoms with Gasteiger partial charge >= 0.3 is 6.09 Å². The van der Waals surface area contributed by atoms with Gasteiger partial charge in [0.2, 0.25) is 6.41 Å². The Kier molecular flexibility index (Phi) is 4.94. The number of nitrogens with zero attached hydrogens (tertiary/aromatic N) is 1. The van der Waals surface area contributed by atoms with E-state index in [0.717, 1.165) is 35.9 Å². The van der Waals surface area contributed by atoms with E-state index in [0.29, 0.717) is 13.0 Å². The number of H-pyrrole nitrogens is 1. The molecule has 1 aromatic carbocycles. The van der Waals surface area contributed by atoms with E-state index in [-0.39, 0.29) is 12.1 Å². The molecule has 0 saturated heterocycles. The molecule has 0 spiro atoms. The number of hydrogen-bond donors (Lipinski definition) is 2. The first-order valence-electron chi connectivity index (χ1n) is 9.15. The standard InChI is InChI=1S/C20H27N3O3/c1-5-23(19(25)26-20(2,3)4)14-7-9-18-16(11-14)15-10-13(21-12-24)6-8-17(15)22-18/h6,8,10,12,14,22H,5,7,9,11H2,1-4H3,(H,21,24). The van der Waals surface area contributed by atoms with Gasteiger partial charge in [0, 0.05) is 34.9 Å². The van der Waals surface area contributed by atoms with Gasteiger partial charge in [-0.1, -0.05) is 0 Å².